The first-order valence-electron chi connectivity index (χ1n) is 10.7. The second-order valence-electron chi connectivity index (χ2n) is 9.59. The number of nitrogens with zero attached hydrogens (tertiary/aromatic N) is 1. The van der Waals surface area contributed by atoms with E-state index in [0.29, 0.717) is 29.8 Å². The zero-order valence-electron chi connectivity index (χ0n) is 16.4. The van der Waals surface area contributed by atoms with E-state index in [1.807, 2.05) is 42.5 Å². The maximum Gasteiger partial charge on any atom is 0.251 e. The van der Waals surface area contributed by atoms with Gasteiger partial charge in [-0.2, -0.15) is 0 Å². The second-order valence-corrected chi connectivity index (χ2v) is 9.59. The topological polar surface area (TPSA) is 71.5 Å². The number of aromatic nitrogens is 1. The minimum absolute atomic E-state index is 0.0255. The van der Waals surface area contributed by atoms with Gasteiger partial charge in [0.1, 0.15) is 5.75 Å². The Morgan fingerprint density at radius 2 is 2.14 bits per heavy atom. The molecule has 0 saturated heterocycles. The van der Waals surface area contributed by atoms with Crippen LogP contribution in [-0.4, -0.2) is 34.2 Å². The summed E-state index contributed by atoms with van der Waals surface area (Å²) in [6, 6.07) is 13.5. The number of aliphatic hydroxyl groups is 1. The van der Waals surface area contributed by atoms with Gasteiger partial charge < -0.3 is 15.2 Å². The third-order valence-corrected chi connectivity index (χ3v) is 7.97. The van der Waals surface area contributed by atoms with Gasteiger partial charge in [-0.25, -0.2) is 0 Å². The van der Waals surface area contributed by atoms with Crippen LogP contribution < -0.4 is 10.1 Å². The highest BCUT2D eigenvalue weighted by atomic mass is 16.5. The van der Waals surface area contributed by atoms with Gasteiger partial charge >= 0.3 is 0 Å². The van der Waals surface area contributed by atoms with Crippen LogP contribution in [0.15, 0.2) is 48.7 Å². The molecule has 29 heavy (non-hydrogen) atoms. The molecule has 0 radical (unpaired) electrons. The van der Waals surface area contributed by atoms with Crippen molar-refractivity contribution in [1.82, 2.24) is 10.3 Å². The van der Waals surface area contributed by atoms with Crippen LogP contribution in [0.5, 0.6) is 5.75 Å². The van der Waals surface area contributed by atoms with Gasteiger partial charge in [0.15, 0.2) is 0 Å². The van der Waals surface area contributed by atoms with Crippen molar-refractivity contribution in [3.05, 3.63) is 59.9 Å². The van der Waals surface area contributed by atoms with E-state index in [4.69, 9.17) is 4.74 Å². The summed E-state index contributed by atoms with van der Waals surface area (Å²) in [4.78, 5) is 17.2. The molecule has 5 heteroatoms. The molecule has 5 nitrogen and oxygen atoms in total. The molecule has 2 aromatic rings. The Bertz CT molecular complexity index is 964. The lowest BCUT2D eigenvalue weighted by Gasteiger charge is -2.82. The molecule has 9 rings (SSSR count). The number of benzene rings is 1. The fraction of sp³-hybridized carbons (Fsp3) is 0.500. The van der Waals surface area contributed by atoms with E-state index < -0.39 is 5.60 Å². The molecule has 6 unspecified atom stereocenters. The first kappa shape index (κ1) is 17.5. The van der Waals surface area contributed by atoms with Crippen molar-refractivity contribution in [2.75, 3.05) is 6.61 Å². The molecule has 1 aromatic carbocycles. The zero-order chi connectivity index (χ0) is 19.6. The number of carbonyl (C=O) groups excluding carboxylic acids is 1. The standard InChI is InChI=1S/C24H26N2O3/c27-22(26-21-19-13-23(28)11-16-12-24(21,14-23)20(16)19)15-4-3-6-18(10-15)29-9-7-17-5-1-2-8-25-17/h1-6,8,10,16,19-21,28H,7,9,11-14H2,(H,26,27). The van der Waals surface area contributed by atoms with Gasteiger partial charge in [0.2, 0.25) is 0 Å². The summed E-state index contributed by atoms with van der Waals surface area (Å²) in [7, 11) is 0. The number of rotatable bonds is 6. The maximum absolute atomic E-state index is 12.9. The number of hydrogen-bond donors (Lipinski definition) is 2. The normalized spacial score (nSPS) is 38.0. The molecular formula is C24H26N2O3. The zero-order valence-corrected chi connectivity index (χ0v) is 16.4. The predicted molar refractivity (Wildman–Crippen MR) is 107 cm³/mol. The van der Waals surface area contributed by atoms with Crippen molar-refractivity contribution in [1.29, 1.82) is 0 Å². The Morgan fingerprint density at radius 1 is 1.21 bits per heavy atom. The molecule has 7 saturated carbocycles. The third kappa shape index (κ3) is 2.56. The summed E-state index contributed by atoms with van der Waals surface area (Å²) in [6.07, 6.45) is 6.41. The van der Waals surface area contributed by atoms with Crippen molar-refractivity contribution in [3.63, 3.8) is 0 Å². The SMILES string of the molecule is O=C(NC1C2CC3(O)CC4CC1(C3)C42)c1cccc(OCCc2ccccn2)c1. The third-order valence-electron chi connectivity index (χ3n) is 7.97. The van der Waals surface area contributed by atoms with Gasteiger partial charge in [0.25, 0.3) is 5.91 Å². The Morgan fingerprint density at radius 3 is 2.93 bits per heavy atom. The van der Waals surface area contributed by atoms with Crippen LogP contribution in [0, 0.1) is 23.2 Å². The summed E-state index contributed by atoms with van der Waals surface area (Å²) < 4.78 is 5.85. The molecule has 1 heterocycles. The lowest BCUT2D eigenvalue weighted by molar-refractivity contribution is -0.341. The molecule has 7 aliphatic rings. The van der Waals surface area contributed by atoms with E-state index >= 15 is 0 Å². The Kier molecular flexibility index (Phi) is 3.64. The number of ether oxygens (including phenoxy) is 1. The molecule has 2 N–H and O–H groups in total. The average Bonchev–Trinajstić information content (AvgIpc) is 2.71. The van der Waals surface area contributed by atoms with Crippen LogP contribution >= 0.6 is 0 Å². The second kappa shape index (κ2) is 6.05. The van der Waals surface area contributed by atoms with Crippen molar-refractivity contribution in [2.45, 2.75) is 43.7 Å². The molecular weight excluding hydrogens is 364 g/mol. The van der Waals surface area contributed by atoms with Crippen molar-refractivity contribution in [2.24, 2.45) is 23.2 Å². The van der Waals surface area contributed by atoms with E-state index in [1.165, 1.54) is 6.42 Å². The summed E-state index contributed by atoms with van der Waals surface area (Å²) >= 11 is 0. The van der Waals surface area contributed by atoms with E-state index in [1.54, 1.807) is 6.20 Å². The monoisotopic (exact) mass is 390 g/mol. The van der Waals surface area contributed by atoms with Crippen molar-refractivity contribution < 1.29 is 14.6 Å². The van der Waals surface area contributed by atoms with Gasteiger partial charge in [0, 0.05) is 29.9 Å². The van der Waals surface area contributed by atoms with Crippen LogP contribution in [0.3, 0.4) is 0 Å². The highest BCUT2D eigenvalue weighted by molar-refractivity contribution is 5.95. The van der Waals surface area contributed by atoms with Crippen LogP contribution in [-0.2, 0) is 6.42 Å². The van der Waals surface area contributed by atoms with Crippen LogP contribution in [0.2, 0.25) is 0 Å². The number of carbonyl (C=O) groups is 1. The molecule has 1 spiro atoms. The molecule has 6 atom stereocenters. The summed E-state index contributed by atoms with van der Waals surface area (Å²) in [5.41, 5.74) is 1.35. The van der Waals surface area contributed by atoms with E-state index in [-0.39, 0.29) is 17.4 Å². The van der Waals surface area contributed by atoms with E-state index in [0.717, 1.165) is 37.3 Å². The predicted octanol–water partition coefficient (Wildman–Crippen LogP) is 2.98. The average molecular weight is 390 g/mol. The van der Waals surface area contributed by atoms with Gasteiger partial charge in [-0.3, -0.25) is 9.78 Å². The van der Waals surface area contributed by atoms with Gasteiger partial charge in [-0.1, -0.05) is 12.1 Å². The summed E-state index contributed by atoms with van der Waals surface area (Å²) in [6.45, 7) is 0.525. The minimum Gasteiger partial charge on any atom is -0.493 e. The van der Waals surface area contributed by atoms with E-state index in [2.05, 4.69) is 10.3 Å². The first-order valence-corrected chi connectivity index (χ1v) is 10.7. The number of pyridine rings is 1. The van der Waals surface area contributed by atoms with Crippen LogP contribution in [0.25, 0.3) is 0 Å². The van der Waals surface area contributed by atoms with Gasteiger partial charge in [-0.05, 0) is 79.2 Å². The number of nitrogens with one attached hydrogen (secondary N) is 1. The van der Waals surface area contributed by atoms with E-state index in [9.17, 15) is 9.90 Å². The highest BCUT2D eigenvalue weighted by Gasteiger charge is 2.80. The maximum atomic E-state index is 12.9. The molecule has 7 fully saturated rings. The first-order chi connectivity index (χ1) is 14.1. The number of amides is 1. The van der Waals surface area contributed by atoms with Crippen LogP contribution in [0.4, 0.5) is 0 Å². The Balaban J connectivity index is 1.09. The fourth-order valence-electron chi connectivity index (χ4n) is 7.22. The molecule has 7 aliphatic carbocycles. The van der Waals surface area contributed by atoms with Gasteiger partial charge in [0.05, 0.1) is 12.2 Å². The summed E-state index contributed by atoms with van der Waals surface area (Å²) in [5, 5.41) is 14.1. The lowest BCUT2D eigenvalue weighted by Crippen LogP contribution is -2.84. The fourth-order valence-corrected chi connectivity index (χ4v) is 7.22. The highest BCUT2D eigenvalue weighted by Crippen LogP contribution is 2.80. The molecule has 1 amide bonds. The quantitative estimate of drug-likeness (QED) is 0.796. The smallest absolute Gasteiger partial charge is 0.251 e. The largest absolute Gasteiger partial charge is 0.493 e. The van der Waals surface area contributed by atoms with Crippen molar-refractivity contribution in [3.8, 4) is 5.75 Å². The Hall–Kier alpha value is -2.40. The van der Waals surface area contributed by atoms with Crippen molar-refractivity contribution >= 4 is 5.91 Å². The number of hydrogen-bond acceptors (Lipinski definition) is 4. The molecule has 0 aliphatic heterocycles. The minimum atomic E-state index is -0.453. The van der Waals surface area contributed by atoms with Crippen LogP contribution in [0.1, 0.15) is 41.7 Å². The Labute approximate surface area is 170 Å². The molecule has 150 valence electrons. The molecule has 5 bridgehead atoms. The lowest BCUT2D eigenvalue weighted by atomic mass is 9.25. The molecule has 1 aromatic heterocycles. The summed E-state index contributed by atoms with van der Waals surface area (Å²) in [5.74, 6) is 2.57. The van der Waals surface area contributed by atoms with Gasteiger partial charge in [-0.15, -0.1) is 0 Å².